The molecule has 0 unspecified atom stereocenters. The van der Waals surface area contributed by atoms with Gasteiger partial charge in [0.2, 0.25) is 5.88 Å². The minimum atomic E-state index is -4.98. The molecule has 1 aromatic heterocycles. The van der Waals surface area contributed by atoms with E-state index in [0.717, 1.165) is 12.8 Å². The maximum absolute atomic E-state index is 13.7. The molecule has 6 rings (SSSR count). The van der Waals surface area contributed by atoms with Crippen LogP contribution in [-0.2, 0) is 25.4 Å². The first-order chi connectivity index (χ1) is 19.9. The number of nitrogens with two attached hydrogens (primary N) is 1. The molecule has 2 heterocycles. The Balaban J connectivity index is 0.000000813. The van der Waals surface area contributed by atoms with Crippen LogP contribution < -0.4 is 15.8 Å². The zero-order valence-electron chi connectivity index (χ0n) is 22.6. The highest BCUT2D eigenvalue weighted by atomic mass is 19.4. The lowest BCUT2D eigenvalue weighted by molar-refractivity contribution is -0.143. The number of halogens is 6. The average Bonchev–Trinajstić information content (AvgIpc) is 3.87. The third-order valence-corrected chi connectivity index (χ3v) is 7.02. The molecule has 42 heavy (non-hydrogen) atoms. The van der Waals surface area contributed by atoms with Crippen molar-refractivity contribution >= 4 is 5.91 Å². The molecule has 0 radical (unpaired) electrons. The number of amides is 1. The third-order valence-electron chi connectivity index (χ3n) is 7.02. The average molecular weight is 593 g/mol. The maximum Gasteiger partial charge on any atom is 0.416 e. The number of hydrogen-bond donors (Lipinski definition) is 2. The molecule has 224 valence electrons. The van der Waals surface area contributed by atoms with Crippen LogP contribution in [0.5, 0.6) is 5.88 Å². The molecule has 3 aliphatic rings. The normalized spacial score (nSPS) is 17.1. The van der Waals surface area contributed by atoms with Crippen LogP contribution in [-0.4, -0.2) is 41.0 Å². The Kier molecular flexibility index (Phi) is 8.47. The summed E-state index contributed by atoms with van der Waals surface area (Å²) in [5.74, 6) is -0.497. The maximum atomic E-state index is 13.7. The molecule has 6 nitrogen and oxygen atoms in total. The smallest absolute Gasteiger partial charge is 0.416 e. The quantitative estimate of drug-likeness (QED) is 0.334. The number of aromatic nitrogens is 1. The first-order valence-electron chi connectivity index (χ1n) is 13.7. The third kappa shape index (κ3) is 7.60. The van der Waals surface area contributed by atoms with Crippen LogP contribution in [0.1, 0.15) is 58.4 Å². The fourth-order valence-corrected chi connectivity index (χ4v) is 4.45. The molecule has 3 N–H and O–H groups in total. The highest BCUT2D eigenvalue weighted by Crippen LogP contribution is 2.38. The van der Waals surface area contributed by atoms with E-state index in [-0.39, 0.29) is 36.2 Å². The molecule has 2 aliphatic carbocycles. The van der Waals surface area contributed by atoms with Gasteiger partial charge >= 0.3 is 12.4 Å². The second-order valence-electron chi connectivity index (χ2n) is 10.7. The van der Waals surface area contributed by atoms with Crippen molar-refractivity contribution in [2.75, 3.05) is 13.2 Å². The zero-order chi connectivity index (χ0) is 30.1. The van der Waals surface area contributed by atoms with Gasteiger partial charge in [0.1, 0.15) is 12.2 Å². The van der Waals surface area contributed by atoms with Gasteiger partial charge in [-0.25, -0.2) is 4.98 Å². The predicted molar refractivity (Wildman–Crippen MR) is 143 cm³/mol. The van der Waals surface area contributed by atoms with E-state index >= 15 is 0 Å². The first-order valence-corrected chi connectivity index (χ1v) is 13.7. The highest BCUT2D eigenvalue weighted by molar-refractivity contribution is 6.03. The summed E-state index contributed by atoms with van der Waals surface area (Å²) < 4.78 is 86.0. The number of benzene rings is 2. The monoisotopic (exact) mass is 592 g/mol. The van der Waals surface area contributed by atoms with Crippen molar-refractivity contribution in [3.05, 3.63) is 82.5 Å². The van der Waals surface area contributed by atoms with Crippen molar-refractivity contribution in [3.63, 3.8) is 0 Å². The second kappa shape index (κ2) is 11.9. The zero-order valence-corrected chi connectivity index (χ0v) is 22.6. The number of hydrogen-bond acceptors (Lipinski definition) is 5. The molecule has 2 saturated carbocycles. The van der Waals surface area contributed by atoms with E-state index in [9.17, 15) is 31.1 Å². The summed E-state index contributed by atoms with van der Waals surface area (Å²) in [4.78, 5) is 19.4. The lowest BCUT2D eigenvalue weighted by Gasteiger charge is -2.22. The van der Waals surface area contributed by atoms with Gasteiger partial charge in [0.25, 0.3) is 5.91 Å². The Bertz CT molecular complexity index is 1390. The molecular weight excluding hydrogens is 562 g/mol. The summed E-state index contributed by atoms with van der Waals surface area (Å²) in [6, 6.07) is 13.1. The second-order valence-corrected chi connectivity index (χ2v) is 10.7. The Morgan fingerprint density at radius 3 is 2.10 bits per heavy atom. The van der Waals surface area contributed by atoms with Crippen molar-refractivity contribution in [1.82, 2.24) is 15.2 Å². The van der Waals surface area contributed by atoms with Gasteiger partial charge in [-0.1, -0.05) is 30.3 Å². The van der Waals surface area contributed by atoms with Gasteiger partial charge in [0, 0.05) is 30.7 Å². The van der Waals surface area contributed by atoms with E-state index in [4.69, 9.17) is 10.5 Å². The Labute approximate surface area is 238 Å². The topological polar surface area (TPSA) is 80.5 Å². The van der Waals surface area contributed by atoms with Gasteiger partial charge < -0.3 is 20.7 Å². The van der Waals surface area contributed by atoms with Crippen molar-refractivity contribution in [2.45, 2.75) is 63.2 Å². The van der Waals surface area contributed by atoms with Crippen LogP contribution in [0.3, 0.4) is 0 Å². The number of rotatable bonds is 6. The van der Waals surface area contributed by atoms with Crippen LogP contribution in [0.15, 0.2) is 54.6 Å². The summed E-state index contributed by atoms with van der Waals surface area (Å²) in [6.45, 7) is -0.0708. The number of alkyl halides is 6. The number of pyridine rings is 1. The van der Waals surface area contributed by atoms with Gasteiger partial charge in [0.15, 0.2) is 0 Å². The van der Waals surface area contributed by atoms with Crippen LogP contribution >= 0.6 is 0 Å². The molecule has 12 heteroatoms. The van der Waals surface area contributed by atoms with Gasteiger partial charge in [-0.3, -0.25) is 4.79 Å². The Hall–Kier alpha value is -3.64. The lowest BCUT2D eigenvalue weighted by Crippen LogP contribution is -2.32. The van der Waals surface area contributed by atoms with Crippen molar-refractivity contribution in [2.24, 2.45) is 5.73 Å². The summed E-state index contributed by atoms with van der Waals surface area (Å²) >= 11 is 0. The molecule has 1 aliphatic heterocycles. The minimum Gasteiger partial charge on any atom is -0.475 e. The number of fused-ring (bicyclic) bond motifs is 1. The van der Waals surface area contributed by atoms with E-state index in [0.29, 0.717) is 47.6 Å². The van der Waals surface area contributed by atoms with E-state index in [1.165, 1.54) is 17.7 Å². The largest absolute Gasteiger partial charge is 0.475 e. The van der Waals surface area contributed by atoms with Crippen LogP contribution in [0.25, 0.3) is 11.1 Å². The molecule has 0 saturated heterocycles. The number of nitrogens with one attached hydrogen (secondary N) is 1. The van der Waals surface area contributed by atoms with Crippen LogP contribution in [0.4, 0.5) is 26.3 Å². The molecule has 1 amide bonds. The van der Waals surface area contributed by atoms with E-state index < -0.39 is 35.9 Å². The van der Waals surface area contributed by atoms with Gasteiger partial charge in [-0.15, -0.1) is 0 Å². The molecule has 0 atom stereocenters. The SMILES string of the molecule is NC1CC1.O=C1c2c(-c3ccccc3)cc(CNC3CC3)nc2OCCN1Cc1cc(C(F)(F)F)cc(C(F)(F)F)c1. The Morgan fingerprint density at radius 2 is 1.55 bits per heavy atom. The number of ether oxygens (including phenoxy) is 1. The van der Waals surface area contributed by atoms with E-state index in [1.807, 2.05) is 6.07 Å². The fraction of sp³-hybridized carbons (Fsp3) is 0.400. The van der Waals surface area contributed by atoms with Gasteiger partial charge in [-0.05, 0) is 61.1 Å². The Morgan fingerprint density at radius 1 is 0.929 bits per heavy atom. The minimum absolute atomic E-state index is 0.0232. The van der Waals surface area contributed by atoms with Crippen LogP contribution in [0.2, 0.25) is 0 Å². The standard InChI is InChI=1S/C27H23F6N3O2.C3H7N/c28-26(29,30)18-10-16(11-19(12-18)27(31,32)33)15-36-8-9-38-24-23(25(36)37)22(17-4-2-1-3-5-17)13-21(35-24)14-34-20-6-7-20;4-3-1-2-3/h1-5,10-13,20,34H,6-9,14-15H2;3H,1-2,4H2. The van der Waals surface area contributed by atoms with Crippen molar-refractivity contribution in [1.29, 1.82) is 0 Å². The summed E-state index contributed by atoms with van der Waals surface area (Å²) in [6.07, 6.45) is -5.29. The molecular formula is C30H30F6N4O2. The first kappa shape index (κ1) is 29.8. The van der Waals surface area contributed by atoms with Gasteiger partial charge in [-0.2, -0.15) is 26.3 Å². The molecule has 0 bridgehead atoms. The predicted octanol–water partition coefficient (Wildman–Crippen LogP) is 6.18. The molecule has 2 aromatic carbocycles. The summed E-state index contributed by atoms with van der Waals surface area (Å²) in [5.41, 5.74) is 4.08. The fourth-order valence-electron chi connectivity index (χ4n) is 4.45. The number of nitrogens with zero attached hydrogens (tertiary/aromatic N) is 2. The number of carbonyl (C=O) groups excluding carboxylic acids is 1. The molecule has 2 fully saturated rings. The van der Waals surface area contributed by atoms with Crippen LogP contribution in [0, 0.1) is 0 Å². The molecule has 3 aromatic rings. The summed E-state index contributed by atoms with van der Waals surface area (Å²) in [7, 11) is 0. The van der Waals surface area contributed by atoms with Crippen molar-refractivity contribution in [3.8, 4) is 17.0 Å². The van der Waals surface area contributed by atoms with E-state index in [2.05, 4.69) is 10.3 Å². The molecule has 0 spiro atoms. The highest BCUT2D eigenvalue weighted by Gasteiger charge is 2.37. The lowest BCUT2D eigenvalue weighted by atomic mass is 9.98. The van der Waals surface area contributed by atoms with Gasteiger partial charge in [0.05, 0.1) is 23.4 Å². The van der Waals surface area contributed by atoms with Crippen molar-refractivity contribution < 1.29 is 35.9 Å². The number of carbonyl (C=O) groups is 1. The van der Waals surface area contributed by atoms with E-state index in [1.54, 1.807) is 30.3 Å². The summed E-state index contributed by atoms with van der Waals surface area (Å²) in [5, 5.41) is 3.36.